The van der Waals surface area contributed by atoms with E-state index in [-0.39, 0.29) is 43.1 Å². The topological polar surface area (TPSA) is 158 Å². The van der Waals surface area contributed by atoms with E-state index < -0.39 is 83.1 Å². The maximum absolute atomic E-state index is 14.3. The molecular formula is C43H68ClNO11. The van der Waals surface area contributed by atoms with Crippen LogP contribution >= 0.6 is 11.6 Å². The number of allylic oxidation sites excluding steroid dienone is 3. The number of fused-ring (bicyclic) bond motifs is 3. The molecular weight excluding hydrogens is 742 g/mol. The van der Waals surface area contributed by atoms with Crippen molar-refractivity contribution in [2.24, 2.45) is 29.6 Å². The molecule has 13 heteroatoms. The normalized spacial score (nSPS) is 41.6. The van der Waals surface area contributed by atoms with Gasteiger partial charge in [-0.15, -0.1) is 0 Å². The summed E-state index contributed by atoms with van der Waals surface area (Å²) in [6.45, 7) is 11.5. The number of amides is 1. The molecule has 3 aliphatic heterocycles. The number of carbonyl (C=O) groups excluding carboxylic acids is 4. The van der Waals surface area contributed by atoms with E-state index in [1.807, 2.05) is 32.9 Å². The van der Waals surface area contributed by atoms with E-state index in [2.05, 4.69) is 6.92 Å². The fraction of sp³-hybridized carbons (Fsp3) is 0.814. The quantitative estimate of drug-likeness (QED) is 0.146. The number of Topliss-reactive ketones (excluding diaryl/α,β-unsaturated/α-hetero) is 2. The van der Waals surface area contributed by atoms with Gasteiger partial charge in [-0.2, -0.15) is 0 Å². The molecule has 4 aliphatic rings. The molecule has 0 aromatic carbocycles. The molecule has 12 nitrogen and oxygen atoms in total. The van der Waals surface area contributed by atoms with Gasteiger partial charge in [-0.25, -0.2) is 4.79 Å². The minimum Gasteiger partial charge on any atom is -0.456 e. The van der Waals surface area contributed by atoms with Gasteiger partial charge in [0.2, 0.25) is 5.06 Å². The minimum atomic E-state index is -2.03. The Balaban J connectivity index is 1.76. The van der Waals surface area contributed by atoms with Crippen LogP contribution in [0.3, 0.4) is 0 Å². The molecule has 56 heavy (non-hydrogen) atoms. The highest BCUT2D eigenvalue weighted by atomic mass is 35.5. The van der Waals surface area contributed by atoms with Gasteiger partial charge >= 0.3 is 5.97 Å². The van der Waals surface area contributed by atoms with Crippen LogP contribution in [0.15, 0.2) is 23.3 Å². The van der Waals surface area contributed by atoms with E-state index in [0.29, 0.717) is 63.4 Å². The van der Waals surface area contributed by atoms with Crippen molar-refractivity contribution in [3.63, 3.8) is 0 Å². The number of ether oxygens (including phenoxy) is 5. The van der Waals surface area contributed by atoms with E-state index in [1.165, 1.54) is 4.90 Å². The zero-order valence-electron chi connectivity index (χ0n) is 35.0. The number of halogens is 1. The van der Waals surface area contributed by atoms with Crippen LogP contribution < -0.4 is 0 Å². The van der Waals surface area contributed by atoms with Crippen LogP contribution in [-0.2, 0) is 42.9 Å². The maximum atomic E-state index is 14.3. The summed E-state index contributed by atoms with van der Waals surface area (Å²) in [5, 5.41) is 20.1. The van der Waals surface area contributed by atoms with Crippen LogP contribution in [0.1, 0.15) is 112 Å². The number of rotatable bonds is 6. The summed E-state index contributed by atoms with van der Waals surface area (Å²) < 4.78 is 30.1. The number of methoxy groups -OCH3 is 3. The van der Waals surface area contributed by atoms with Gasteiger partial charge in [-0.3, -0.25) is 14.4 Å². The number of aliphatic hydroxyl groups is 2. The summed E-state index contributed by atoms with van der Waals surface area (Å²) in [5.41, 5.74) is 1.70. The second-order valence-corrected chi connectivity index (χ2v) is 17.7. The van der Waals surface area contributed by atoms with Crippen molar-refractivity contribution in [2.75, 3.05) is 27.9 Å². The van der Waals surface area contributed by atoms with E-state index in [9.17, 15) is 29.4 Å². The van der Waals surface area contributed by atoms with Gasteiger partial charge in [0.05, 0.1) is 30.5 Å². The average Bonchev–Trinajstić information content (AvgIpc) is 3.18. The van der Waals surface area contributed by atoms with Crippen molar-refractivity contribution in [1.29, 1.82) is 0 Å². The molecule has 2 N–H and O–H groups in total. The van der Waals surface area contributed by atoms with Gasteiger partial charge in [0.25, 0.3) is 11.7 Å². The zero-order valence-corrected chi connectivity index (χ0v) is 35.8. The van der Waals surface area contributed by atoms with Crippen molar-refractivity contribution >= 4 is 35.0 Å². The first kappa shape index (κ1) is 46.5. The molecule has 3 fully saturated rings. The molecule has 14 atom stereocenters. The SMILES string of the molecule is CC[C@@H]1/C=C(\C)C[C@H](C)CC(OC)[C@H]2O[C@](Cl)(C(=O)C(=O)N3CCCC[C@H]3C(=O)O[C@H](/C(C)=C/C3CC[C@@H](O)[C@H](OC)C3)[C@H](C)[C@@H](O)CC1=O)[C@H](C)C[C@@H]2OC. The molecule has 1 aliphatic carbocycles. The average molecular weight is 810 g/mol. The molecule has 2 bridgehead atoms. The Morgan fingerprint density at radius 2 is 1.59 bits per heavy atom. The third-order valence-corrected chi connectivity index (χ3v) is 13.5. The third-order valence-electron chi connectivity index (χ3n) is 12.8. The third kappa shape index (κ3) is 10.9. The molecule has 2 unspecified atom stereocenters. The Hall–Kier alpha value is -2.19. The first-order valence-electron chi connectivity index (χ1n) is 20.7. The number of piperidine rings is 1. The number of ketones is 2. The smallest absolute Gasteiger partial charge is 0.329 e. The number of cyclic esters (lactones) is 1. The van der Waals surface area contributed by atoms with Gasteiger partial charge in [-0.1, -0.05) is 57.0 Å². The molecule has 2 saturated heterocycles. The van der Waals surface area contributed by atoms with Crippen LogP contribution in [-0.4, -0.2) is 120 Å². The molecule has 0 radical (unpaired) electrons. The summed E-state index contributed by atoms with van der Waals surface area (Å²) in [6, 6.07) is -1.08. The number of esters is 1. The Bertz CT molecular complexity index is 1440. The molecule has 0 aromatic rings. The lowest BCUT2D eigenvalue weighted by Crippen LogP contribution is -2.62. The molecule has 0 aromatic heterocycles. The van der Waals surface area contributed by atoms with Gasteiger partial charge in [0.1, 0.15) is 24.0 Å². The Morgan fingerprint density at radius 3 is 2.23 bits per heavy atom. The van der Waals surface area contributed by atoms with Crippen molar-refractivity contribution in [2.45, 2.75) is 166 Å². The number of hydrogen-bond acceptors (Lipinski definition) is 11. The molecule has 0 spiro atoms. The fourth-order valence-corrected chi connectivity index (χ4v) is 9.64. The van der Waals surface area contributed by atoms with Crippen LogP contribution in [0.4, 0.5) is 0 Å². The highest BCUT2D eigenvalue weighted by molar-refractivity contribution is 6.51. The van der Waals surface area contributed by atoms with Gasteiger partial charge < -0.3 is 38.8 Å². The van der Waals surface area contributed by atoms with E-state index in [4.69, 9.17) is 35.3 Å². The Labute approximate surface area is 339 Å². The predicted molar refractivity (Wildman–Crippen MR) is 212 cm³/mol. The summed E-state index contributed by atoms with van der Waals surface area (Å²) in [6.07, 6.45) is 4.45. The van der Waals surface area contributed by atoms with Gasteiger partial charge in [0, 0.05) is 52.0 Å². The zero-order chi connectivity index (χ0) is 41.5. The highest BCUT2D eigenvalue weighted by Gasteiger charge is 2.56. The predicted octanol–water partition coefficient (Wildman–Crippen LogP) is 5.72. The number of aliphatic hydroxyl groups excluding tert-OH is 2. The van der Waals surface area contributed by atoms with E-state index >= 15 is 0 Å². The van der Waals surface area contributed by atoms with Gasteiger partial charge in [0.15, 0.2) is 0 Å². The van der Waals surface area contributed by atoms with Crippen LogP contribution in [0.5, 0.6) is 0 Å². The number of hydrogen-bond donors (Lipinski definition) is 2. The fourth-order valence-electron chi connectivity index (χ4n) is 9.37. The van der Waals surface area contributed by atoms with E-state index in [1.54, 1.807) is 35.2 Å². The van der Waals surface area contributed by atoms with Crippen LogP contribution in [0, 0.1) is 29.6 Å². The molecule has 3 heterocycles. The highest BCUT2D eigenvalue weighted by Crippen LogP contribution is 2.43. The Morgan fingerprint density at radius 1 is 0.929 bits per heavy atom. The molecule has 318 valence electrons. The first-order chi connectivity index (χ1) is 26.5. The van der Waals surface area contributed by atoms with Crippen molar-refractivity contribution < 1.29 is 53.1 Å². The van der Waals surface area contributed by atoms with Crippen LogP contribution in [0.25, 0.3) is 0 Å². The second kappa shape index (κ2) is 20.7. The number of alkyl halides is 1. The van der Waals surface area contributed by atoms with Gasteiger partial charge in [-0.05, 0) is 95.5 Å². The van der Waals surface area contributed by atoms with E-state index in [0.717, 1.165) is 5.57 Å². The first-order valence-corrected chi connectivity index (χ1v) is 21.1. The minimum absolute atomic E-state index is 0.0140. The number of carbonyl (C=O) groups is 4. The Kier molecular flexibility index (Phi) is 17.2. The maximum Gasteiger partial charge on any atom is 0.329 e. The van der Waals surface area contributed by atoms with Crippen molar-refractivity contribution in [1.82, 2.24) is 4.90 Å². The lowest BCUT2D eigenvalue weighted by atomic mass is 9.81. The molecule has 1 saturated carbocycles. The summed E-state index contributed by atoms with van der Waals surface area (Å²) in [5.74, 6) is -4.32. The summed E-state index contributed by atoms with van der Waals surface area (Å²) >= 11 is 7.13. The lowest BCUT2D eigenvalue weighted by molar-refractivity contribution is -0.211. The summed E-state index contributed by atoms with van der Waals surface area (Å²) in [7, 11) is 4.71. The van der Waals surface area contributed by atoms with Crippen molar-refractivity contribution in [3.05, 3.63) is 23.3 Å². The molecule has 1 amide bonds. The monoisotopic (exact) mass is 809 g/mol. The number of nitrogens with zero attached hydrogens (tertiary/aromatic N) is 1. The van der Waals surface area contributed by atoms with Crippen LogP contribution in [0.2, 0.25) is 0 Å². The molecule has 4 rings (SSSR count). The lowest BCUT2D eigenvalue weighted by Gasteiger charge is -2.46. The van der Waals surface area contributed by atoms with Crippen molar-refractivity contribution in [3.8, 4) is 0 Å². The second-order valence-electron chi connectivity index (χ2n) is 17.1. The standard InChI is InChI=1S/C43H68ClNO11/c1-10-30-18-24(2)17-25(3)19-36(53-8)39-37(54-9)21-27(5)43(44,56-39)40(49)41(50)45-16-12-11-13-31(45)42(51)55-38(28(6)33(47)23-34(30)48)26(4)20-29-14-15-32(46)35(22-29)52-7/h18,20,25,27-33,35-39,46-47H,10-17,19,21-23H2,1-9H3/b24-18+,26-20+/t25-,27+,28+,29?,30+,31-,32+,33-,35+,36?,37-,38+,39+,43-/m0/s1. The largest absolute Gasteiger partial charge is 0.456 e. The summed E-state index contributed by atoms with van der Waals surface area (Å²) in [4.78, 5) is 58.0.